The van der Waals surface area contributed by atoms with Crippen LogP contribution in [0.5, 0.6) is 0 Å². The molecule has 3 fully saturated rings. The van der Waals surface area contributed by atoms with E-state index in [1.807, 2.05) is 0 Å². The normalized spacial score (nSPS) is 23.1. The van der Waals surface area contributed by atoms with Crippen LogP contribution >= 0.6 is 23.7 Å². The first-order valence-corrected chi connectivity index (χ1v) is 9.07. The number of piperidine rings is 3. The number of amides is 1. The van der Waals surface area contributed by atoms with Crippen molar-refractivity contribution in [3.8, 4) is 10.4 Å². The summed E-state index contributed by atoms with van der Waals surface area (Å²) in [7, 11) is 0. The maximum Gasteiger partial charge on any atom is 0.413 e. The fraction of sp³-hybridized carbons (Fsp3) is 0.444. The van der Waals surface area contributed by atoms with Gasteiger partial charge in [-0.05, 0) is 37.9 Å². The summed E-state index contributed by atoms with van der Waals surface area (Å²) in [6.07, 6.45) is 1.33. The number of nitrogens with one attached hydrogen (secondary N) is 1. The van der Waals surface area contributed by atoms with Crippen molar-refractivity contribution in [1.82, 2.24) is 9.88 Å². The van der Waals surface area contributed by atoms with Crippen LogP contribution in [0, 0.1) is 17.6 Å². The highest BCUT2D eigenvalue weighted by atomic mass is 35.5. The number of rotatable bonds is 3. The fourth-order valence-electron chi connectivity index (χ4n) is 3.51. The van der Waals surface area contributed by atoms with Gasteiger partial charge in [0, 0.05) is 12.1 Å². The van der Waals surface area contributed by atoms with Crippen molar-refractivity contribution in [2.75, 3.05) is 25.0 Å². The van der Waals surface area contributed by atoms with E-state index in [4.69, 9.17) is 4.74 Å². The van der Waals surface area contributed by atoms with E-state index in [0.29, 0.717) is 10.8 Å². The Hall–Kier alpha value is -1.77. The van der Waals surface area contributed by atoms with Gasteiger partial charge in [-0.15, -0.1) is 23.7 Å². The molecule has 1 aromatic carbocycles. The van der Waals surface area contributed by atoms with Gasteiger partial charge in [0.05, 0.1) is 10.4 Å². The van der Waals surface area contributed by atoms with E-state index in [2.05, 4.69) is 15.2 Å². The highest BCUT2D eigenvalue weighted by molar-refractivity contribution is 7.13. The third-order valence-electron chi connectivity index (χ3n) is 4.84. The highest BCUT2D eigenvalue weighted by Crippen LogP contribution is 2.34. The number of carbonyl (C=O) groups excluding carboxylic acids is 1. The molecule has 4 heterocycles. The van der Waals surface area contributed by atoms with Gasteiger partial charge in [-0.1, -0.05) is 19.6 Å². The quantitative estimate of drug-likeness (QED) is 0.780. The molecule has 9 heteroatoms. The minimum absolute atomic E-state index is 0. The molecule has 3 aliphatic rings. The molecule has 27 heavy (non-hydrogen) atoms. The predicted octanol–water partition coefficient (Wildman–Crippen LogP) is 4.79. The van der Waals surface area contributed by atoms with E-state index in [1.165, 1.54) is 17.6 Å². The van der Waals surface area contributed by atoms with Crippen LogP contribution in [0.3, 0.4) is 0 Å². The second-order valence-electron chi connectivity index (χ2n) is 6.34. The molecule has 0 aliphatic carbocycles. The number of hydrogen-bond acceptors (Lipinski definition) is 5. The van der Waals surface area contributed by atoms with E-state index in [0.717, 1.165) is 49.9 Å². The standard InChI is InChI=1S/C17H17F2N3O2S.CH4.ClH/c18-12-3-1-2-11(14(12)19)15-16(20-9-25-15)21-17(23)24-13-8-22-6-4-10(13)5-7-22;;/h1-3,9-10,13H,4-8H2,(H,21,23);1H4;1H/t13-;;/m0../s1. The van der Waals surface area contributed by atoms with Gasteiger partial charge < -0.3 is 4.74 Å². The van der Waals surface area contributed by atoms with Crippen molar-refractivity contribution >= 4 is 35.7 Å². The SMILES string of the molecule is C.Cl.O=C(Nc1ncsc1-c1cccc(F)c1F)O[C@H]1CN2CCC1CC2. The minimum Gasteiger partial charge on any atom is -0.444 e. The molecule has 5 nitrogen and oxygen atoms in total. The molecule has 3 aliphatic heterocycles. The summed E-state index contributed by atoms with van der Waals surface area (Å²) >= 11 is 1.13. The molecule has 148 valence electrons. The predicted molar refractivity (Wildman–Crippen MR) is 105 cm³/mol. The number of ether oxygens (including phenoxy) is 1. The van der Waals surface area contributed by atoms with Crippen molar-refractivity contribution in [2.45, 2.75) is 26.4 Å². The Kier molecular flexibility index (Phi) is 7.13. The Morgan fingerprint density at radius 2 is 2.04 bits per heavy atom. The maximum absolute atomic E-state index is 14.0. The fourth-order valence-corrected chi connectivity index (χ4v) is 4.28. The lowest BCUT2D eigenvalue weighted by atomic mass is 9.86. The molecular formula is C18H22ClF2N3O2S. The number of fused-ring (bicyclic) bond motifs is 3. The summed E-state index contributed by atoms with van der Waals surface area (Å²) in [5.74, 6) is -1.32. The lowest BCUT2D eigenvalue weighted by Gasteiger charge is -2.43. The first-order valence-electron chi connectivity index (χ1n) is 8.19. The van der Waals surface area contributed by atoms with Crippen LogP contribution in [0.1, 0.15) is 20.3 Å². The van der Waals surface area contributed by atoms with Gasteiger partial charge in [0.25, 0.3) is 0 Å². The van der Waals surface area contributed by atoms with Gasteiger partial charge in [-0.3, -0.25) is 10.2 Å². The zero-order valence-electron chi connectivity index (χ0n) is 13.8. The van der Waals surface area contributed by atoms with E-state index in [-0.39, 0.29) is 37.3 Å². The van der Waals surface area contributed by atoms with Gasteiger partial charge in [-0.25, -0.2) is 18.6 Å². The van der Waals surface area contributed by atoms with Gasteiger partial charge in [0.1, 0.15) is 6.10 Å². The molecule has 1 amide bonds. The van der Waals surface area contributed by atoms with Gasteiger partial charge in [-0.2, -0.15) is 0 Å². The number of benzene rings is 1. The molecule has 1 N–H and O–H groups in total. The third kappa shape index (κ3) is 4.39. The number of nitrogens with zero attached hydrogens (tertiary/aromatic N) is 2. The van der Waals surface area contributed by atoms with Gasteiger partial charge in [0.2, 0.25) is 0 Å². The van der Waals surface area contributed by atoms with Gasteiger partial charge >= 0.3 is 6.09 Å². The Morgan fingerprint density at radius 3 is 2.70 bits per heavy atom. The highest BCUT2D eigenvalue weighted by Gasteiger charge is 2.36. The molecule has 5 rings (SSSR count). The van der Waals surface area contributed by atoms with Crippen molar-refractivity contribution < 1.29 is 18.3 Å². The first-order chi connectivity index (χ1) is 12.1. The second-order valence-corrected chi connectivity index (χ2v) is 7.19. The maximum atomic E-state index is 14.0. The molecule has 1 aromatic heterocycles. The number of anilines is 1. The molecule has 0 radical (unpaired) electrons. The third-order valence-corrected chi connectivity index (χ3v) is 5.70. The summed E-state index contributed by atoms with van der Waals surface area (Å²) in [5, 5.41) is 2.57. The van der Waals surface area contributed by atoms with E-state index in [9.17, 15) is 13.6 Å². The molecule has 0 saturated carbocycles. The lowest BCUT2D eigenvalue weighted by molar-refractivity contribution is -0.0290. The summed E-state index contributed by atoms with van der Waals surface area (Å²) in [5.41, 5.74) is 1.55. The topological polar surface area (TPSA) is 54.5 Å². The minimum atomic E-state index is -0.958. The van der Waals surface area contributed by atoms with Crippen molar-refractivity contribution in [3.05, 3.63) is 35.3 Å². The Bertz CT molecular complexity index is 797. The van der Waals surface area contributed by atoms with Crippen LogP contribution in [-0.4, -0.2) is 41.7 Å². The summed E-state index contributed by atoms with van der Waals surface area (Å²) in [6.45, 7) is 2.86. The average Bonchev–Trinajstić information content (AvgIpc) is 3.06. The molecule has 2 bridgehead atoms. The van der Waals surface area contributed by atoms with Crippen molar-refractivity contribution in [1.29, 1.82) is 0 Å². The van der Waals surface area contributed by atoms with Crippen molar-refractivity contribution in [2.24, 2.45) is 5.92 Å². The number of carbonyl (C=O) groups is 1. The first kappa shape index (κ1) is 21.5. The van der Waals surface area contributed by atoms with E-state index >= 15 is 0 Å². The Labute approximate surface area is 167 Å². The van der Waals surface area contributed by atoms with Crippen LogP contribution < -0.4 is 5.32 Å². The van der Waals surface area contributed by atoms with Gasteiger partial charge in [0.15, 0.2) is 17.5 Å². The second kappa shape index (κ2) is 8.95. The zero-order chi connectivity index (χ0) is 17.4. The van der Waals surface area contributed by atoms with Crippen LogP contribution in [0.2, 0.25) is 0 Å². The summed E-state index contributed by atoms with van der Waals surface area (Å²) in [4.78, 5) is 18.9. The van der Waals surface area contributed by atoms with Crippen LogP contribution in [0.15, 0.2) is 23.7 Å². The Morgan fingerprint density at radius 1 is 1.30 bits per heavy atom. The van der Waals surface area contributed by atoms with Crippen LogP contribution in [0.25, 0.3) is 10.4 Å². The molecule has 3 saturated heterocycles. The number of halogens is 3. The molecule has 0 unspecified atom stereocenters. The summed E-state index contributed by atoms with van der Waals surface area (Å²) < 4.78 is 33.0. The average molecular weight is 418 g/mol. The molecule has 0 spiro atoms. The monoisotopic (exact) mass is 417 g/mol. The Balaban J connectivity index is 0.00000131. The molecule has 2 aromatic rings. The number of thiazole rings is 1. The molecular weight excluding hydrogens is 396 g/mol. The van der Waals surface area contributed by atoms with Crippen LogP contribution in [0.4, 0.5) is 19.4 Å². The lowest BCUT2D eigenvalue weighted by Crippen LogP contribution is -2.52. The zero-order valence-corrected chi connectivity index (χ0v) is 15.4. The molecule has 1 atom stereocenters. The number of hydrogen-bond donors (Lipinski definition) is 1. The largest absolute Gasteiger partial charge is 0.444 e. The van der Waals surface area contributed by atoms with E-state index in [1.54, 1.807) is 0 Å². The smallest absolute Gasteiger partial charge is 0.413 e. The van der Waals surface area contributed by atoms with Crippen LogP contribution in [-0.2, 0) is 4.74 Å². The summed E-state index contributed by atoms with van der Waals surface area (Å²) in [6, 6.07) is 3.92. The van der Waals surface area contributed by atoms with E-state index < -0.39 is 17.7 Å². The number of aromatic nitrogens is 1. The van der Waals surface area contributed by atoms with Crippen molar-refractivity contribution in [3.63, 3.8) is 0 Å².